The highest BCUT2D eigenvalue weighted by Crippen LogP contribution is 2.43. The van der Waals surface area contributed by atoms with Gasteiger partial charge in [0.2, 0.25) is 0 Å². The Hall–Kier alpha value is -2.95. The smallest absolute Gasteiger partial charge is 0.333 e. The monoisotopic (exact) mass is 621 g/mol. The summed E-state index contributed by atoms with van der Waals surface area (Å²) >= 11 is 0. The second kappa shape index (κ2) is 16.8. The molecule has 0 fully saturated rings. The van der Waals surface area contributed by atoms with E-state index >= 15 is 0 Å². The highest BCUT2D eigenvalue weighted by atomic mass is 31.2. The first-order valence-corrected chi connectivity index (χ1v) is 16.5. The van der Waals surface area contributed by atoms with Crippen molar-refractivity contribution in [3.63, 3.8) is 0 Å². The van der Waals surface area contributed by atoms with E-state index in [1.54, 1.807) is 18.2 Å². The summed E-state index contributed by atoms with van der Waals surface area (Å²) < 4.78 is 29.6. The number of ether oxygens (including phenoxy) is 3. The number of phenols is 1. The van der Waals surface area contributed by atoms with Gasteiger partial charge in [0, 0.05) is 0 Å². The van der Waals surface area contributed by atoms with Crippen LogP contribution in [0.25, 0.3) is 0 Å². The normalized spacial score (nSPS) is 14.3. The van der Waals surface area contributed by atoms with Gasteiger partial charge in [0.25, 0.3) is 0 Å². The quantitative estimate of drug-likeness (QED) is 0.104. The summed E-state index contributed by atoms with van der Waals surface area (Å²) in [6.07, 6.45) is 1.25. The molecule has 3 unspecified atom stereocenters. The maximum atomic E-state index is 13.5. The zero-order chi connectivity index (χ0) is 32.3. The number of hydrazine groups is 2. The van der Waals surface area contributed by atoms with Crippen LogP contribution in [-0.2, 0) is 30.0 Å². The zero-order valence-corrected chi connectivity index (χ0v) is 27.5. The van der Waals surface area contributed by atoms with Crippen molar-refractivity contribution in [2.45, 2.75) is 92.7 Å². The molecule has 240 valence electrons. The number of nitrogens with one attached hydrogen (secondary N) is 2. The van der Waals surface area contributed by atoms with Crippen LogP contribution >= 0.6 is 7.52 Å². The molecule has 0 bridgehead atoms. The average molecular weight is 622 g/mol. The predicted molar refractivity (Wildman–Crippen MR) is 166 cm³/mol. The maximum absolute atomic E-state index is 13.5. The second-order valence-corrected chi connectivity index (χ2v) is 13.0. The van der Waals surface area contributed by atoms with Crippen LogP contribution in [0.3, 0.4) is 0 Å². The molecule has 0 saturated carbocycles. The van der Waals surface area contributed by atoms with Crippen molar-refractivity contribution in [3.05, 3.63) is 58.1 Å². The molecule has 12 heteroatoms. The van der Waals surface area contributed by atoms with Crippen molar-refractivity contribution in [3.8, 4) is 11.5 Å². The van der Waals surface area contributed by atoms with Crippen LogP contribution in [0.2, 0.25) is 0 Å². The number of carbonyl (C=O) groups excluding carboxylic acids is 2. The van der Waals surface area contributed by atoms with E-state index in [1.165, 1.54) is 13.8 Å². The number of hydrogen-bond acceptors (Lipinski definition) is 9. The second-order valence-electron chi connectivity index (χ2n) is 11.0. The van der Waals surface area contributed by atoms with Crippen LogP contribution in [0.1, 0.15) is 88.1 Å². The van der Waals surface area contributed by atoms with Crippen molar-refractivity contribution in [2.24, 2.45) is 0 Å². The molecule has 0 saturated heterocycles. The van der Waals surface area contributed by atoms with Crippen LogP contribution in [0, 0.1) is 13.8 Å². The van der Waals surface area contributed by atoms with E-state index in [-0.39, 0.29) is 24.9 Å². The Bertz CT molecular complexity index is 1230. The fraction of sp³-hybridized carbons (Fsp3) is 0.548. The lowest BCUT2D eigenvalue weighted by molar-refractivity contribution is -0.148. The van der Waals surface area contributed by atoms with Crippen molar-refractivity contribution in [2.75, 3.05) is 19.6 Å². The molecule has 3 atom stereocenters. The Morgan fingerprint density at radius 1 is 0.907 bits per heavy atom. The van der Waals surface area contributed by atoms with Crippen LogP contribution in [-0.4, -0.2) is 58.5 Å². The van der Waals surface area contributed by atoms with Gasteiger partial charge < -0.3 is 24.2 Å². The summed E-state index contributed by atoms with van der Waals surface area (Å²) in [4.78, 5) is 36.5. The number of rotatable bonds is 17. The minimum Gasteiger partial charge on any atom is -0.508 e. The van der Waals surface area contributed by atoms with Gasteiger partial charge in [-0.25, -0.2) is 10.9 Å². The predicted octanol–water partition coefficient (Wildman–Crippen LogP) is 5.24. The summed E-state index contributed by atoms with van der Waals surface area (Å²) in [6.45, 7) is 15.0. The van der Waals surface area contributed by atoms with Crippen molar-refractivity contribution < 1.29 is 38.4 Å². The molecule has 43 heavy (non-hydrogen) atoms. The van der Waals surface area contributed by atoms with Gasteiger partial charge in [0.1, 0.15) is 23.6 Å². The number of carbonyl (C=O) groups is 2. The largest absolute Gasteiger partial charge is 0.508 e. The summed E-state index contributed by atoms with van der Waals surface area (Å²) in [5.74, 6) is -0.377. The minimum atomic E-state index is -4.37. The number of aromatic hydroxyl groups is 1. The first-order chi connectivity index (χ1) is 20.2. The van der Waals surface area contributed by atoms with Crippen molar-refractivity contribution in [1.82, 2.24) is 15.7 Å². The van der Waals surface area contributed by atoms with Gasteiger partial charge in [-0.05, 0) is 98.9 Å². The summed E-state index contributed by atoms with van der Waals surface area (Å²) in [5.41, 5.74) is 10.2. The Kier molecular flexibility index (Phi) is 14.1. The molecule has 0 spiro atoms. The fourth-order valence-corrected chi connectivity index (χ4v) is 5.40. The molecular formula is C31H48N3O8P. The molecule has 0 radical (unpaired) electrons. The lowest BCUT2D eigenvalue weighted by Gasteiger charge is -2.32. The molecular weight excluding hydrogens is 573 g/mol. The van der Waals surface area contributed by atoms with E-state index < -0.39 is 37.9 Å². The van der Waals surface area contributed by atoms with Gasteiger partial charge in [0.15, 0.2) is 6.35 Å². The Morgan fingerprint density at radius 2 is 1.42 bits per heavy atom. The van der Waals surface area contributed by atoms with E-state index in [4.69, 9.17) is 14.2 Å². The molecule has 11 nitrogen and oxygen atoms in total. The van der Waals surface area contributed by atoms with Gasteiger partial charge in [0.05, 0.1) is 13.2 Å². The molecule has 0 amide bonds. The first-order valence-electron chi connectivity index (χ1n) is 14.7. The molecule has 0 aliphatic carbocycles. The summed E-state index contributed by atoms with van der Waals surface area (Å²) in [7, 11) is -4.37. The third-order valence-corrected chi connectivity index (χ3v) is 8.03. The lowest BCUT2D eigenvalue weighted by Crippen LogP contribution is -2.56. The number of nitrogens with zero attached hydrogens (tertiary/aromatic N) is 1. The summed E-state index contributed by atoms with van der Waals surface area (Å²) in [6, 6.07) is 7.22. The van der Waals surface area contributed by atoms with E-state index in [0.717, 1.165) is 32.7 Å². The number of hydrogen-bond donors (Lipinski definition) is 4. The van der Waals surface area contributed by atoms with Crippen LogP contribution in [0.5, 0.6) is 11.5 Å². The van der Waals surface area contributed by atoms with Gasteiger partial charge in [-0.15, -0.1) is 0 Å². The van der Waals surface area contributed by atoms with E-state index in [1.807, 2.05) is 53.7 Å². The van der Waals surface area contributed by atoms with Gasteiger partial charge >= 0.3 is 19.5 Å². The topological polar surface area (TPSA) is 147 Å². The first kappa shape index (κ1) is 36.2. The van der Waals surface area contributed by atoms with Crippen molar-refractivity contribution >= 4 is 19.5 Å². The fourth-order valence-electron chi connectivity index (χ4n) is 4.26. The van der Waals surface area contributed by atoms with E-state index in [0.29, 0.717) is 25.0 Å². The molecule has 0 aliphatic heterocycles. The van der Waals surface area contributed by atoms with Crippen molar-refractivity contribution in [1.29, 1.82) is 0 Å². The minimum absolute atomic E-state index is 0.186. The molecule has 2 aromatic carbocycles. The average Bonchev–Trinajstić information content (AvgIpc) is 2.95. The third kappa shape index (κ3) is 10.9. The number of benzene rings is 2. The maximum Gasteiger partial charge on any atom is 0.333 e. The Morgan fingerprint density at radius 3 is 1.88 bits per heavy atom. The number of aryl methyl sites for hydroxylation is 2. The SMILES string of the molecule is CCCOC(=O)C(C)NN(NC(C)C(=O)OCCC)P(=O)(O)COc1cc(C)c(Cc2ccc(O)c(C(C)C)c2)c(C)c1. The number of esters is 2. The highest BCUT2D eigenvalue weighted by Gasteiger charge is 2.35. The lowest BCUT2D eigenvalue weighted by atomic mass is 9.93. The Labute approximate surface area is 255 Å². The van der Waals surface area contributed by atoms with Gasteiger partial charge in [-0.3, -0.25) is 14.2 Å². The molecule has 0 heterocycles. The van der Waals surface area contributed by atoms with Crippen LogP contribution in [0.15, 0.2) is 30.3 Å². The molecule has 4 N–H and O–H groups in total. The third-order valence-electron chi connectivity index (χ3n) is 6.71. The van der Waals surface area contributed by atoms with Crippen LogP contribution < -0.4 is 15.6 Å². The standard InChI is InChI=1S/C31H48N3O8P/c1-9-13-40-30(36)23(7)32-34(33-24(8)31(37)41-14-10-2)43(38,39)19-42-26-15-21(5)28(22(6)16-26)18-25-11-12-29(35)27(17-25)20(3)4/h11-12,15-17,20,23-24,32-33,35H,9-10,13-14,18-19H2,1-8H3,(H,38,39). The number of phenolic OH excluding ortho intramolecular Hbond substituents is 1. The highest BCUT2D eigenvalue weighted by molar-refractivity contribution is 7.55. The Balaban J connectivity index is 2.22. The van der Waals surface area contributed by atoms with Gasteiger partial charge in [-0.2, -0.15) is 0 Å². The molecule has 0 aliphatic rings. The van der Waals surface area contributed by atoms with Crippen LogP contribution in [0.4, 0.5) is 0 Å². The van der Waals surface area contributed by atoms with Gasteiger partial charge in [-0.1, -0.05) is 44.7 Å². The molecule has 2 rings (SSSR count). The van der Waals surface area contributed by atoms with E-state index in [9.17, 15) is 24.2 Å². The molecule has 0 aromatic heterocycles. The molecule has 2 aromatic rings. The zero-order valence-electron chi connectivity index (χ0n) is 26.6. The van der Waals surface area contributed by atoms with E-state index in [2.05, 4.69) is 10.9 Å². The summed E-state index contributed by atoms with van der Waals surface area (Å²) in [5, 5.41) is 10.2.